The number of rotatable bonds is 4. The van der Waals surface area contributed by atoms with Crippen molar-refractivity contribution in [3.63, 3.8) is 0 Å². The lowest BCUT2D eigenvalue weighted by Crippen LogP contribution is -2.24. The van der Waals surface area contributed by atoms with Gasteiger partial charge in [-0.1, -0.05) is 18.2 Å². The summed E-state index contributed by atoms with van der Waals surface area (Å²) in [6, 6.07) is 2.16. The molecule has 0 spiro atoms. The molecule has 0 aliphatic heterocycles. The van der Waals surface area contributed by atoms with Gasteiger partial charge >= 0.3 is 0 Å². The normalized spacial score (nSPS) is 12.7. The van der Waals surface area contributed by atoms with Crippen molar-refractivity contribution in [1.82, 2.24) is 25.3 Å². The molecule has 5 nitrogen and oxygen atoms in total. The lowest BCUT2D eigenvalue weighted by atomic mass is 10.0. The molecule has 1 N–H and O–H groups in total. The van der Waals surface area contributed by atoms with Gasteiger partial charge < -0.3 is 5.32 Å². The first kappa shape index (κ1) is 13.2. The number of aromatic nitrogens is 4. The Bertz CT molecular complexity index is 518. The third kappa shape index (κ3) is 2.59. The van der Waals surface area contributed by atoms with E-state index in [1.807, 2.05) is 26.4 Å². The second-order valence-electron chi connectivity index (χ2n) is 4.18. The van der Waals surface area contributed by atoms with Crippen LogP contribution in [0.1, 0.15) is 29.8 Å². The van der Waals surface area contributed by atoms with Crippen molar-refractivity contribution in [1.29, 1.82) is 0 Å². The standard InChI is InChI=1S/C12H16BrN5/c1-4-15-10(9-5-8(2)6-14-7-9)11-12(13)16-17-18(11)3/h5-7,10,15H,4H2,1-3H3. The van der Waals surface area contributed by atoms with Crippen molar-refractivity contribution < 1.29 is 0 Å². The van der Waals surface area contributed by atoms with Crippen molar-refractivity contribution in [3.8, 4) is 0 Å². The van der Waals surface area contributed by atoms with Crippen LogP contribution in [0.3, 0.4) is 0 Å². The maximum atomic E-state index is 4.25. The summed E-state index contributed by atoms with van der Waals surface area (Å²) in [5.41, 5.74) is 3.26. The molecule has 6 heteroatoms. The molecule has 1 unspecified atom stereocenters. The van der Waals surface area contributed by atoms with Gasteiger partial charge in [0.2, 0.25) is 0 Å². The zero-order valence-electron chi connectivity index (χ0n) is 10.7. The number of nitrogens with one attached hydrogen (secondary N) is 1. The van der Waals surface area contributed by atoms with Crippen LogP contribution in [0.5, 0.6) is 0 Å². The Kier molecular flexibility index (Phi) is 4.08. The quantitative estimate of drug-likeness (QED) is 0.938. The molecule has 96 valence electrons. The molecule has 2 aromatic rings. The lowest BCUT2D eigenvalue weighted by Gasteiger charge is -2.18. The van der Waals surface area contributed by atoms with E-state index in [1.165, 1.54) is 0 Å². The average molecular weight is 310 g/mol. The highest BCUT2D eigenvalue weighted by Gasteiger charge is 2.21. The molecule has 0 aliphatic rings. The Labute approximate surface area is 115 Å². The summed E-state index contributed by atoms with van der Waals surface area (Å²) < 4.78 is 2.54. The van der Waals surface area contributed by atoms with Crippen LogP contribution in [0.2, 0.25) is 0 Å². The summed E-state index contributed by atoms with van der Waals surface area (Å²) in [6.07, 6.45) is 3.73. The van der Waals surface area contributed by atoms with E-state index < -0.39 is 0 Å². The van der Waals surface area contributed by atoms with Crippen LogP contribution in [-0.4, -0.2) is 26.5 Å². The largest absolute Gasteiger partial charge is 0.305 e. The predicted molar refractivity (Wildman–Crippen MR) is 73.2 cm³/mol. The predicted octanol–water partition coefficient (Wildman–Crippen LogP) is 1.98. The van der Waals surface area contributed by atoms with Crippen LogP contribution < -0.4 is 5.32 Å². The molecule has 0 bridgehead atoms. The molecule has 1 atom stereocenters. The number of nitrogens with zero attached hydrogens (tertiary/aromatic N) is 4. The van der Waals surface area contributed by atoms with E-state index >= 15 is 0 Å². The Morgan fingerprint density at radius 1 is 1.44 bits per heavy atom. The van der Waals surface area contributed by atoms with Crippen molar-refractivity contribution >= 4 is 15.9 Å². The molecule has 18 heavy (non-hydrogen) atoms. The van der Waals surface area contributed by atoms with Gasteiger partial charge in [0, 0.05) is 19.4 Å². The third-order valence-electron chi connectivity index (χ3n) is 2.74. The molecule has 0 amide bonds. The lowest BCUT2D eigenvalue weighted by molar-refractivity contribution is 0.565. The molecule has 0 fully saturated rings. The summed E-state index contributed by atoms with van der Waals surface area (Å²) in [4.78, 5) is 4.25. The van der Waals surface area contributed by atoms with Crippen molar-refractivity contribution in [2.24, 2.45) is 7.05 Å². The minimum Gasteiger partial charge on any atom is -0.305 e. The van der Waals surface area contributed by atoms with Crippen molar-refractivity contribution in [3.05, 3.63) is 39.9 Å². The Hall–Kier alpha value is -1.27. The van der Waals surface area contributed by atoms with Crippen LogP contribution >= 0.6 is 15.9 Å². The van der Waals surface area contributed by atoms with E-state index in [4.69, 9.17) is 0 Å². The second kappa shape index (κ2) is 5.58. The second-order valence-corrected chi connectivity index (χ2v) is 4.93. The maximum Gasteiger partial charge on any atom is 0.153 e. The van der Waals surface area contributed by atoms with E-state index in [9.17, 15) is 0 Å². The van der Waals surface area contributed by atoms with Gasteiger partial charge in [-0.05, 0) is 40.5 Å². The van der Waals surface area contributed by atoms with Gasteiger partial charge in [0.05, 0.1) is 11.7 Å². The molecule has 2 aromatic heterocycles. The summed E-state index contributed by atoms with van der Waals surface area (Å²) in [5.74, 6) is 0. The van der Waals surface area contributed by atoms with Gasteiger partial charge in [-0.2, -0.15) is 0 Å². The van der Waals surface area contributed by atoms with Crippen LogP contribution in [0, 0.1) is 6.92 Å². The van der Waals surface area contributed by atoms with E-state index in [0.29, 0.717) is 0 Å². The molecule has 0 saturated heterocycles. The maximum absolute atomic E-state index is 4.25. The van der Waals surface area contributed by atoms with Crippen LogP contribution in [0.15, 0.2) is 23.1 Å². The van der Waals surface area contributed by atoms with Gasteiger partial charge in [-0.25, -0.2) is 4.68 Å². The third-order valence-corrected chi connectivity index (χ3v) is 3.30. The van der Waals surface area contributed by atoms with Crippen LogP contribution in [0.25, 0.3) is 0 Å². The first-order valence-electron chi connectivity index (χ1n) is 5.83. The van der Waals surface area contributed by atoms with Gasteiger partial charge in [-0.15, -0.1) is 5.10 Å². The fourth-order valence-corrected chi connectivity index (χ4v) is 2.51. The summed E-state index contributed by atoms with van der Waals surface area (Å²) >= 11 is 3.45. The number of halogens is 1. The van der Waals surface area contributed by atoms with Gasteiger partial charge in [-0.3, -0.25) is 4.98 Å². The van der Waals surface area contributed by atoms with Crippen LogP contribution in [0.4, 0.5) is 0 Å². The van der Waals surface area contributed by atoms with Gasteiger partial charge in [0.1, 0.15) is 0 Å². The SMILES string of the molecule is CCNC(c1cncc(C)c1)c1c(Br)nnn1C. The number of hydrogen-bond acceptors (Lipinski definition) is 4. The monoisotopic (exact) mass is 309 g/mol. The zero-order valence-corrected chi connectivity index (χ0v) is 12.3. The summed E-state index contributed by atoms with van der Waals surface area (Å²) in [7, 11) is 1.89. The zero-order chi connectivity index (χ0) is 13.1. The van der Waals surface area contributed by atoms with E-state index in [1.54, 1.807) is 4.68 Å². The highest BCUT2D eigenvalue weighted by molar-refractivity contribution is 9.10. The molecule has 0 aromatic carbocycles. The molecule has 2 heterocycles. The molecule has 0 radical (unpaired) electrons. The first-order valence-corrected chi connectivity index (χ1v) is 6.62. The Balaban J connectivity index is 2.46. The topological polar surface area (TPSA) is 55.6 Å². The number of aryl methyl sites for hydroxylation is 2. The summed E-state index contributed by atoms with van der Waals surface area (Å²) in [6.45, 7) is 4.97. The Morgan fingerprint density at radius 2 is 2.22 bits per heavy atom. The molecular weight excluding hydrogens is 294 g/mol. The minimum absolute atomic E-state index is 0.0387. The fraction of sp³-hybridized carbons (Fsp3) is 0.417. The smallest absolute Gasteiger partial charge is 0.153 e. The van der Waals surface area contributed by atoms with Gasteiger partial charge in [0.15, 0.2) is 4.60 Å². The number of hydrogen-bond donors (Lipinski definition) is 1. The van der Waals surface area contributed by atoms with Gasteiger partial charge in [0.25, 0.3) is 0 Å². The molecule has 0 aliphatic carbocycles. The first-order chi connectivity index (χ1) is 8.63. The number of pyridine rings is 1. The minimum atomic E-state index is 0.0387. The van der Waals surface area contributed by atoms with E-state index in [0.717, 1.165) is 28.0 Å². The fourth-order valence-electron chi connectivity index (χ4n) is 1.96. The highest BCUT2D eigenvalue weighted by Crippen LogP contribution is 2.26. The van der Waals surface area contributed by atoms with Crippen LogP contribution in [-0.2, 0) is 7.05 Å². The molecular formula is C12H16BrN5. The summed E-state index contributed by atoms with van der Waals surface area (Å²) in [5, 5.41) is 11.5. The van der Waals surface area contributed by atoms with E-state index in [2.05, 4.69) is 49.5 Å². The average Bonchev–Trinajstić information content (AvgIpc) is 2.67. The van der Waals surface area contributed by atoms with Crippen molar-refractivity contribution in [2.45, 2.75) is 19.9 Å². The molecule has 2 rings (SSSR count). The highest BCUT2D eigenvalue weighted by atomic mass is 79.9. The van der Waals surface area contributed by atoms with E-state index in [-0.39, 0.29) is 6.04 Å². The Morgan fingerprint density at radius 3 is 2.78 bits per heavy atom. The molecule has 0 saturated carbocycles. The van der Waals surface area contributed by atoms with Crippen molar-refractivity contribution in [2.75, 3.05) is 6.54 Å².